The summed E-state index contributed by atoms with van der Waals surface area (Å²) in [6.07, 6.45) is 2.36. The Bertz CT molecular complexity index is 1630. The number of methoxy groups -OCH3 is 1. The van der Waals surface area contributed by atoms with Crippen molar-refractivity contribution in [3.8, 4) is 22.6 Å². The van der Waals surface area contributed by atoms with Crippen LogP contribution in [0, 0.1) is 5.92 Å². The van der Waals surface area contributed by atoms with Crippen LogP contribution in [0.25, 0.3) is 22.1 Å². The van der Waals surface area contributed by atoms with E-state index in [-0.39, 0.29) is 18.1 Å². The number of sulfone groups is 1. The molecule has 39 heavy (non-hydrogen) atoms. The van der Waals surface area contributed by atoms with Crippen molar-refractivity contribution in [2.75, 3.05) is 26.5 Å². The van der Waals surface area contributed by atoms with Gasteiger partial charge in [0.2, 0.25) is 6.29 Å². The zero-order valence-corrected chi connectivity index (χ0v) is 22.6. The van der Waals surface area contributed by atoms with Crippen LogP contribution in [0.4, 0.5) is 0 Å². The second kappa shape index (κ2) is 10.1. The van der Waals surface area contributed by atoms with Crippen molar-refractivity contribution < 1.29 is 31.8 Å². The molecule has 2 aliphatic heterocycles. The number of furan rings is 1. The first-order valence-electron chi connectivity index (χ1n) is 12.9. The van der Waals surface area contributed by atoms with Gasteiger partial charge in [-0.05, 0) is 60.4 Å². The first-order chi connectivity index (χ1) is 18.8. The summed E-state index contributed by atoms with van der Waals surface area (Å²) in [4.78, 5) is 15.2. The third-order valence-electron chi connectivity index (χ3n) is 7.47. The number of hydrogen-bond donors (Lipinski definition) is 0. The highest BCUT2D eigenvalue weighted by atomic mass is 32.2. The van der Waals surface area contributed by atoms with Crippen molar-refractivity contribution in [2.24, 2.45) is 5.92 Å². The van der Waals surface area contributed by atoms with E-state index < -0.39 is 9.84 Å². The van der Waals surface area contributed by atoms with Gasteiger partial charge in [0.15, 0.2) is 26.9 Å². The van der Waals surface area contributed by atoms with Crippen molar-refractivity contribution >= 4 is 26.7 Å². The molecule has 0 aliphatic carbocycles. The van der Waals surface area contributed by atoms with Gasteiger partial charge in [-0.1, -0.05) is 30.3 Å². The molecule has 4 aromatic rings. The third-order valence-corrected chi connectivity index (χ3v) is 8.60. The molecule has 0 spiro atoms. The van der Waals surface area contributed by atoms with E-state index in [0.717, 1.165) is 40.7 Å². The zero-order valence-electron chi connectivity index (χ0n) is 21.8. The normalized spacial score (nSPS) is 18.0. The Morgan fingerprint density at radius 3 is 2.44 bits per heavy atom. The minimum Gasteiger partial charge on any atom is -0.493 e. The average molecular weight is 548 g/mol. The van der Waals surface area contributed by atoms with Crippen LogP contribution >= 0.6 is 0 Å². The van der Waals surface area contributed by atoms with E-state index in [1.54, 1.807) is 25.3 Å². The van der Waals surface area contributed by atoms with Crippen molar-refractivity contribution in [3.63, 3.8) is 0 Å². The Labute approximate surface area is 227 Å². The Hall–Kier alpha value is -3.82. The van der Waals surface area contributed by atoms with Crippen LogP contribution in [0.15, 0.2) is 76.0 Å². The highest BCUT2D eigenvalue weighted by Gasteiger charge is 2.34. The first-order valence-corrected chi connectivity index (χ1v) is 14.8. The summed E-state index contributed by atoms with van der Waals surface area (Å²) in [7, 11) is -1.65. The van der Waals surface area contributed by atoms with Gasteiger partial charge in [-0.25, -0.2) is 8.42 Å². The minimum absolute atomic E-state index is 0.125. The lowest BCUT2D eigenvalue weighted by atomic mass is 9.95. The highest BCUT2D eigenvalue weighted by molar-refractivity contribution is 7.90. The number of piperidine rings is 1. The molecule has 1 amide bonds. The fraction of sp³-hybridized carbons (Fsp3) is 0.300. The van der Waals surface area contributed by atoms with Crippen molar-refractivity contribution in [2.45, 2.75) is 30.6 Å². The van der Waals surface area contributed by atoms with Crippen molar-refractivity contribution in [1.29, 1.82) is 0 Å². The standard InChI is InChI=1S/C30H29NO7S/c1-35-26-5-3-4-22-17-27(37-28(22)26)29(32)31-14-12-20(13-15-31)30-36-18-23-16-21(8-11-25(23)38-30)19-6-9-24(10-7-19)39(2,33)34/h3-11,16-17,20,30H,12-15,18H2,1-2H3. The van der Waals surface area contributed by atoms with E-state index >= 15 is 0 Å². The van der Waals surface area contributed by atoms with Crippen molar-refractivity contribution in [3.05, 3.63) is 78.1 Å². The molecule has 8 nitrogen and oxygen atoms in total. The number of nitrogens with zero attached hydrogens (tertiary/aromatic N) is 1. The fourth-order valence-corrected chi connectivity index (χ4v) is 5.91. The number of fused-ring (bicyclic) bond motifs is 2. The number of carbonyl (C=O) groups is 1. The number of rotatable bonds is 5. The largest absolute Gasteiger partial charge is 0.493 e. The van der Waals surface area contributed by atoms with E-state index in [1.807, 2.05) is 53.4 Å². The molecular weight excluding hydrogens is 518 g/mol. The Morgan fingerprint density at radius 1 is 0.974 bits per heavy atom. The summed E-state index contributed by atoms with van der Waals surface area (Å²) in [5, 5.41) is 0.837. The molecule has 1 saturated heterocycles. The molecule has 0 bridgehead atoms. The summed E-state index contributed by atoms with van der Waals surface area (Å²) in [6, 6.07) is 20.1. The topological polar surface area (TPSA) is 95.3 Å². The second-order valence-electron chi connectivity index (χ2n) is 10.0. The summed E-state index contributed by atoms with van der Waals surface area (Å²) in [6.45, 7) is 1.61. The molecule has 3 heterocycles. The van der Waals surface area contributed by atoms with Crippen LogP contribution in [-0.4, -0.2) is 52.0 Å². The lowest BCUT2D eigenvalue weighted by molar-refractivity contribution is -0.148. The summed E-state index contributed by atoms with van der Waals surface area (Å²) in [5.41, 5.74) is 3.42. The maximum Gasteiger partial charge on any atom is 0.289 e. The number of benzene rings is 3. The Morgan fingerprint density at radius 2 is 1.72 bits per heavy atom. The van der Waals surface area contributed by atoms with Gasteiger partial charge in [0.05, 0.1) is 18.6 Å². The molecule has 1 aromatic heterocycles. The Balaban J connectivity index is 1.09. The molecule has 3 aromatic carbocycles. The highest BCUT2D eigenvalue weighted by Crippen LogP contribution is 2.36. The molecule has 1 unspecified atom stereocenters. The fourth-order valence-electron chi connectivity index (χ4n) is 5.28. The average Bonchev–Trinajstić information content (AvgIpc) is 3.41. The zero-order chi connectivity index (χ0) is 27.1. The molecule has 0 saturated carbocycles. The first kappa shape index (κ1) is 25.5. The smallest absolute Gasteiger partial charge is 0.289 e. The van der Waals surface area contributed by atoms with Gasteiger partial charge < -0.3 is 23.5 Å². The van der Waals surface area contributed by atoms with Gasteiger partial charge in [-0.3, -0.25) is 4.79 Å². The molecule has 6 rings (SSSR count). The van der Waals surface area contributed by atoms with Crippen LogP contribution in [-0.2, 0) is 21.2 Å². The Kier molecular flexibility index (Phi) is 6.56. The van der Waals surface area contributed by atoms with E-state index in [9.17, 15) is 13.2 Å². The number of para-hydroxylation sites is 1. The van der Waals surface area contributed by atoms with Gasteiger partial charge in [0.1, 0.15) is 5.75 Å². The number of hydrogen-bond acceptors (Lipinski definition) is 7. The maximum atomic E-state index is 13.1. The van der Waals surface area contributed by atoms with Crippen LogP contribution in [0.1, 0.15) is 29.0 Å². The summed E-state index contributed by atoms with van der Waals surface area (Å²) >= 11 is 0. The quantitative estimate of drug-likeness (QED) is 0.335. The molecule has 1 fully saturated rings. The van der Waals surface area contributed by atoms with Gasteiger partial charge in [0.25, 0.3) is 5.91 Å². The molecule has 1 atom stereocenters. The van der Waals surface area contributed by atoms with E-state index in [1.165, 1.54) is 6.26 Å². The van der Waals surface area contributed by atoms with Gasteiger partial charge >= 0.3 is 0 Å². The van der Waals surface area contributed by atoms with Gasteiger partial charge in [-0.2, -0.15) is 0 Å². The van der Waals surface area contributed by atoms with E-state index in [4.69, 9.17) is 18.6 Å². The monoisotopic (exact) mass is 547 g/mol. The maximum absolute atomic E-state index is 13.1. The van der Waals surface area contributed by atoms with E-state index in [0.29, 0.717) is 41.7 Å². The lowest BCUT2D eigenvalue weighted by Crippen LogP contribution is -2.44. The minimum atomic E-state index is -3.23. The number of likely N-dealkylation sites (tertiary alicyclic amines) is 1. The number of carbonyl (C=O) groups excluding carboxylic acids is 1. The lowest BCUT2D eigenvalue weighted by Gasteiger charge is -2.37. The number of ether oxygens (including phenoxy) is 3. The second-order valence-corrected chi connectivity index (χ2v) is 12.1. The van der Waals surface area contributed by atoms with Crippen LogP contribution in [0.3, 0.4) is 0 Å². The summed E-state index contributed by atoms with van der Waals surface area (Å²) < 4.78 is 47.0. The summed E-state index contributed by atoms with van der Waals surface area (Å²) in [5.74, 6) is 1.75. The van der Waals surface area contributed by atoms with Gasteiger partial charge in [0, 0.05) is 36.2 Å². The molecule has 2 aliphatic rings. The number of amides is 1. The predicted molar refractivity (Wildman–Crippen MR) is 146 cm³/mol. The third kappa shape index (κ3) is 4.99. The van der Waals surface area contributed by atoms with E-state index in [2.05, 4.69) is 0 Å². The SMILES string of the molecule is COc1cccc2cc(C(=O)N3CCC(C4OCc5cc(-c6ccc(S(C)(=O)=O)cc6)ccc5O4)CC3)oc12. The van der Waals surface area contributed by atoms with Crippen LogP contribution < -0.4 is 9.47 Å². The van der Waals surface area contributed by atoms with Crippen LogP contribution in [0.5, 0.6) is 11.5 Å². The molecule has 0 N–H and O–H groups in total. The van der Waals surface area contributed by atoms with Crippen molar-refractivity contribution in [1.82, 2.24) is 4.90 Å². The molecular formula is C30H29NO7S. The molecule has 9 heteroatoms. The van der Waals surface area contributed by atoms with Gasteiger partial charge in [-0.15, -0.1) is 0 Å². The van der Waals surface area contributed by atoms with Crippen LogP contribution in [0.2, 0.25) is 0 Å². The molecule has 202 valence electrons. The molecule has 0 radical (unpaired) electrons. The predicted octanol–water partition coefficient (Wildman–Crippen LogP) is 5.30.